The van der Waals surface area contributed by atoms with E-state index in [-0.39, 0.29) is 0 Å². The van der Waals surface area contributed by atoms with E-state index < -0.39 is 0 Å². The van der Waals surface area contributed by atoms with Crippen LogP contribution in [0.1, 0.15) is 72.6 Å². The molecule has 4 rings (SSSR count). The molecule has 0 aromatic carbocycles. The second-order valence-corrected chi connectivity index (χ2v) is 11.2. The van der Waals surface area contributed by atoms with E-state index in [2.05, 4.69) is 67.2 Å². The van der Waals surface area contributed by atoms with E-state index in [4.69, 9.17) is 5.73 Å². The Hall–Kier alpha value is -2.04. The molecule has 0 bridgehead atoms. The smallest absolute Gasteiger partial charge is 0.159 e. The van der Waals surface area contributed by atoms with Crippen molar-refractivity contribution in [1.29, 1.82) is 0 Å². The van der Waals surface area contributed by atoms with Crippen LogP contribution in [0.5, 0.6) is 0 Å². The lowest BCUT2D eigenvalue weighted by Crippen LogP contribution is -2.49. The largest absolute Gasteiger partial charge is 0.382 e. The fourth-order valence-corrected chi connectivity index (χ4v) is 7.06. The first-order valence-corrected chi connectivity index (χ1v) is 12.0. The van der Waals surface area contributed by atoms with Gasteiger partial charge in [0.2, 0.25) is 0 Å². The van der Waals surface area contributed by atoms with Crippen molar-refractivity contribution < 1.29 is 0 Å². The minimum absolute atomic E-state index is 0.416. The molecule has 0 saturated heterocycles. The fourth-order valence-electron chi connectivity index (χ4n) is 7.06. The number of nitrogens with zero attached hydrogens (tertiary/aromatic N) is 4. The van der Waals surface area contributed by atoms with Crippen molar-refractivity contribution in [2.45, 2.75) is 72.6 Å². The molecule has 1 aliphatic heterocycles. The van der Waals surface area contributed by atoms with Gasteiger partial charge in [0.05, 0.1) is 6.67 Å². The highest BCUT2D eigenvalue weighted by Crippen LogP contribution is 2.61. The normalized spacial score (nSPS) is 30.4. The second-order valence-electron chi connectivity index (χ2n) is 11.2. The number of hydrogen-bond donors (Lipinski definition) is 1. The van der Waals surface area contributed by atoms with E-state index in [1.54, 1.807) is 6.33 Å². The van der Waals surface area contributed by atoms with Gasteiger partial charge in [-0.1, -0.05) is 51.0 Å². The number of anilines is 3. The zero-order valence-electron chi connectivity index (χ0n) is 20.2. The summed E-state index contributed by atoms with van der Waals surface area (Å²) in [6.45, 7) is 16.1. The summed E-state index contributed by atoms with van der Waals surface area (Å²) >= 11 is 0. The van der Waals surface area contributed by atoms with Crippen LogP contribution < -0.4 is 15.5 Å². The summed E-state index contributed by atoms with van der Waals surface area (Å²) in [6.07, 6.45) is 12.9. The van der Waals surface area contributed by atoms with Crippen LogP contribution in [0.3, 0.4) is 0 Å². The van der Waals surface area contributed by atoms with Gasteiger partial charge in [0.25, 0.3) is 0 Å². The molecule has 2 N–H and O–H groups in total. The van der Waals surface area contributed by atoms with Gasteiger partial charge in [-0.25, -0.2) is 9.97 Å². The maximum absolute atomic E-state index is 6.15. The van der Waals surface area contributed by atoms with Crippen LogP contribution >= 0.6 is 0 Å². The summed E-state index contributed by atoms with van der Waals surface area (Å²) in [7, 11) is 2.05. The Labute approximate surface area is 188 Å². The molecule has 2 saturated carbocycles. The van der Waals surface area contributed by atoms with Gasteiger partial charge in [-0.2, -0.15) is 0 Å². The highest BCUT2D eigenvalue weighted by atomic mass is 15.4. The average Bonchev–Trinajstić information content (AvgIpc) is 3.02. The van der Waals surface area contributed by atoms with Crippen molar-refractivity contribution in [2.24, 2.45) is 22.7 Å². The Morgan fingerprint density at radius 1 is 1.29 bits per heavy atom. The van der Waals surface area contributed by atoms with E-state index in [9.17, 15) is 0 Å². The molecule has 1 aromatic heterocycles. The molecular formula is C26H41N5. The topological polar surface area (TPSA) is 58.3 Å². The van der Waals surface area contributed by atoms with Crippen molar-refractivity contribution in [3.63, 3.8) is 0 Å². The van der Waals surface area contributed by atoms with Crippen molar-refractivity contribution >= 4 is 17.3 Å². The first-order chi connectivity index (χ1) is 14.6. The molecule has 0 unspecified atom stereocenters. The highest BCUT2D eigenvalue weighted by Gasteiger charge is 2.52. The second kappa shape index (κ2) is 8.14. The number of nitrogen functional groups attached to an aromatic ring is 1. The molecule has 3 atom stereocenters. The average molecular weight is 424 g/mol. The standard InChI is InChI=1S/C26H41N5/c1-18(12-15-31-17-30(6)24-22(31)23(27)28-16-29-24)8-10-20-19(2)9-11-21-25(3,4)13-7-14-26(20,21)5/h12,16,20-21H,2,7-11,13-15,17H2,1,3-6H3,(H2,27,28,29)/t20-,21-,26+/m1/s1. The maximum Gasteiger partial charge on any atom is 0.159 e. The molecule has 5 heteroatoms. The minimum atomic E-state index is 0.416. The number of hydrogen-bond acceptors (Lipinski definition) is 5. The summed E-state index contributed by atoms with van der Waals surface area (Å²) in [5.74, 6) is 2.97. The predicted octanol–water partition coefficient (Wildman–Crippen LogP) is 5.80. The zero-order chi connectivity index (χ0) is 22.4. The van der Waals surface area contributed by atoms with Gasteiger partial charge in [-0.3, -0.25) is 0 Å². The Bertz CT molecular complexity index is 873. The van der Waals surface area contributed by atoms with Crippen LogP contribution in [0, 0.1) is 22.7 Å². The van der Waals surface area contributed by atoms with Gasteiger partial charge in [-0.15, -0.1) is 0 Å². The molecule has 0 spiro atoms. The summed E-state index contributed by atoms with van der Waals surface area (Å²) < 4.78 is 0. The van der Waals surface area contributed by atoms with Crippen LogP contribution in [0.15, 0.2) is 30.1 Å². The third-order valence-corrected chi connectivity index (χ3v) is 8.70. The van der Waals surface area contributed by atoms with Crippen molar-refractivity contribution in [1.82, 2.24) is 9.97 Å². The highest BCUT2D eigenvalue weighted by molar-refractivity contribution is 5.81. The number of allylic oxidation sites excluding steroid dienone is 2. The first-order valence-electron chi connectivity index (χ1n) is 12.0. The Morgan fingerprint density at radius 2 is 2.06 bits per heavy atom. The molecule has 0 radical (unpaired) electrons. The Morgan fingerprint density at radius 3 is 2.84 bits per heavy atom. The summed E-state index contributed by atoms with van der Waals surface area (Å²) in [5.41, 5.74) is 11.0. The first kappa shape index (κ1) is 22.2. The molecule has 31 heavy (non-hydrogen) atoms. The van der Waals surface area contributed by atoms with Gasteiger partial charge in [0, 0.05) is 13.6 Å². The Balaban J connectivity index is 1.42. The van der Waals surface area contributed by atoms with E-state index in [0.29, 0.717) is 22.6 Å². The molecule has 5 nitrogen and oxygen atoms in total. The molecule has 2 aliphatic carbocycles. The summed E-state index contributed by atoms with van der Waals surface area (Å²) in [5, 5.41) is 0. The summed E-state index contributed by atoms with van der Waals surface area (Å²) in [6, 6.07) is 0. The van der Waals surface area contributed by atoms with Gasteiger partial charge in [0.15, 0.2) is 11.6 Å². The van der Waals surface area contributed by atoms with E-state index in [0.717, 1.165) is 37.1 Å². The van der Waals surface area contributed by atoms with Gasteiger partial charge in [0.1, 0.15) is 12.0 Å². The van der Waals surface area contributed by atoms with Crippen molar-refractivity contribution in [2.75, 3.05) is 35.8 Å². The molecule has 3 aliphatic rings. The molecule has 0 amide bonds. The third kappa shape index (κ3) is 3.96. The van der Waals surface area contributed by atoms with Crippen LogP contribution in [-0.2, 0) is 0 Å². The maximum atomic E-state index is 6.15. The number of nitrogens with two attached hydrogens (primary N) is 1. The van der Waals surface area contributed by atoms with E-state index in [1.165, 1.54) is 49.7 Å². The lowest BCUT2D eigenvalue weighted by molar-refractivity contribution is -0.0539. The van der Waals surface area contributed by atoms with Gasteiger partial charge in [-0.05, 0) is 68.1 Å². The van der Waals surface area contributed by atoms with Crippen LogP contribution in [-0.4, -0.2) is 30.2 Å². The molecule has 2 fully saturated rings. The lowest BCUT2D eigenvalue weighted by Gasteiger charge is -2.58. The number of rotatable bonds is 5. The minimum Gasteiger partial charge on any atom is -0.382 e. The molecule has 170 valence electrons. The van der Waals surface area contributed by atoms with Gasteiger partial charge < -0.3 is 15.5 Å². The zero-order valence-corrected chi connectivity index (χ0v) is 20.2. The van der Waals surface area contributed by atoms with Crippen molar-refractivity contribution in [3.05, 3.63) is 30.1 Å². The quantitative estimate of drug-likeness (QED) is 0.607. The third-order valence-electron chi connectivity index (χ3n) is 8.70. The lowest BCUT2D eigenvalue weighted by atomic mass is 9.47. The van der Waals surface area contributed by atoms with E-state index in [1.807, 2.05) is 0 Å². The Kier molecular flexibility index (Phi) is 5.82. The molecule has 2 heterocycles. The number of aromatic nitrogens is 2. The monoisotopic (exact) mass is 423 g/mol. The SMILES string of the molecule is C=C1CC[C@@H]2C(C)(C)CCC[C@@]2(C)[C@@H]1CCC(C)=CCN1CN(C)c2ncnc(N)c21. The molecular weight excluding hydrogens is 382 g/mol. The van der Waals surface area contributed by atoms with Crippen LogP contribution in [0.4, 0.5) is 17.3 Å². The fraction of sp³-hybridized carbons (Fsp3) is 0.692. The number of fused-ring (bicyclic) bond motifs is 2. The summed E-state index contributed by atoms with van der Waals surface area (Å²) in [4.78, 5) is 13.0. The predicted molar refractivity (Wildman–Crippen MR) is 131 cm³/mol. The van der Waals surface area contributed by atoms with Crippen LogP contribution in [0.25, 0.3) is 0 Å². The van der Waals surface area contributed by atoms with E-state index >= 15 is 0 Å². The van der Waals surface area contributed by atoms with Crippen LogP contribution in [0.2, 0.25) is 0 Å². The van der Waals surface area contributed by atoms with Crippen molar-refractivity contribution in [3.8, 4) is 0 Å². The molecule has 1 aromatic rings. The van der Waals surface area contributed by atoms with Gasteiger partial charge >= 0.3 is 0 Å².